The molecule has 0 saturated carbocycles. The number of hydrogen-bond donors (Lipinski definition) is 2. The third-order valence-corrected chi connectivity index (χ3v) is 2.60. The summed E-state index contributed by atoms with van der Waals surface area (Å²) in [6, 6.07) is 7.18. The Balaban J connectivity index is 0.00000144. The number of carbonyl (C=O) groups is 1. The average molecular weight is 257 g/mol. The number of nitrogens with one attached hydrogen (secondary N) is 2. The monoisotopic (exact) mass is 256 g/mol. The molecular formula is C12H17ClN2O2. The summed E-state index contributed by atoms with van der Waals surface area (Å²) in [6.07, 6.45) is 0.821. The van der Waals surface area contributed by atoms with Gasteiger partial charge in [0.1, 0.15) is 12.0 Å². The lowest BCUT2D eigenvalue weighted by atomic mass is 10.2. The molecule has 0 radical (unpaired) electrons. The highest BCUT2D eigenvalue weighted by molar-refractivity contribution is 5.85. The van der Waals surface area contributed by atoms with Crippen molar-refractivity contribution < 1.29 is 9.53 Å². The van der Waals surface area contributed by atoms with Crippen LogP contribution in [-0.4, -0.2) is 31.6 Å². The first kappa shape index (κ1) is 14.0. The molecule has 1 atom stereocenters. The van der Waals surface area contributed by atoms with Crippen LogP contribution in [0.2, 0.25) is 0 Å². The van der Waals surface area contributed by atoms with Crippen molar-refractivity contribution in [2.45, 2.75) is 12.6 Å². The third-order valence-electron chi connectivity index (χ3n) is 2.60. The smallest absolute Gasteiger partial charge is 0.170 e. The molecule has 1 aliphatic heterocycles. The zero-order valence-electron chi connectivity index (χ0n) is 9.73. The average Bonchev–Trinajstić information content (AvgIpc) is 2.29. The fourth-order valence-electron chi connectivity index (χ4n) is 1.79. The first-order valence-corrected chi connectivity index (χ1v) is 5.42. The molecule has 0 aliphatic carbocycles. The number of hydrogen-bond acceptors (Lipinski definition) is 4. The quantitative estimate of drug-likeness (QED) is 0.799. The molecule has 1 aromatic rings. The van der Waals surface area contributed by atoms with Crippen molar-refractivity contribution >= 4 is 18.7 Å². The first-order valence-electron chi connectivity index (χ1n) is 5.42. The number of rotatable bonds is 3. The van der Waals surface area contributed by atoms with Gasteiger partial charge >= 0.3 is 0 Å². The van der Waals surface area contributed by atoms with Crippen LogP contribution >= 0.6 is 12.4 Å². The van der Waals surface area contributed by atoms with Crippen molar-refractivity contribution in [1.82, 2.24) is 10.6 Å². The number of carbonyl (C=O) groups excluding carboxylic acids is 1. The van der Waals surface area contributed by atoms with E-state index in [4.69, 9.17) is 4.74 Å². The fourth-order valence-corrected chi connectivity index (χ4v) is 1.79. The van der Waals surface area contributed by atoms with Gasteiger partial charge in [0.15, 0.2) is 5.72 Å². The molecule has 4 nitrogen and oxygen atoms in total. The van der Waals surface area contributed by atoms with Gasteiger partial charge in [-0.1, -0.05) is 12.1 Å². The van der Waals surface area contributed by atoms with Crippen molar-refractivity contribution in [1.29, 1.82) is 0 Å². The second-order valence-electron chi connectivity index (χ2n) is 4.13. The maximum Gasteiger partial charge on any atom is 0.170 e. The molecule has 2 N–H and O–H groups in total. The van der Waals surface area contributed by atoms with Gasteiger partial charge in [0.05, 0.1) is 0 Å². The van der Waals surface area contributed by atoms with Gasteiger partial charge < -0.3 is 10.1 Å². The standard InChI is InChI=1S/C12H16N2O2.ClH/c1-12(9-13-5-6-14-12)16-11-4-2-3-10(7-11)8-15;/h2-4,7-8,13-14H,5-6,9H2,1H3;1H/t12-;/m0./s1. The highest BCUT2D eigenvalue weighted by Gasteiger charge is 2.27. The van der Waals surface area contributed by atoms with Crippen LogP contribution in [0.3, 0.4) is 0 Å². The SMILES string of the molecule is C[C@]1(Oc2cccc(C=O)c2)CNCCN1.Cl. The van der Waals surface area contributed by atoms with Gasteiger partial charge in [-0.25, -0.2) is 0 Å². The highest BCUT2D eigenvalue weighted by Crippen LogP contribution is 2.18. The molecule has 1 aromatic carbocycles. The van der Waals surface area contributed by atoms with Gasteiger partial charge in [-0.05, 0) is 19.1 Å². The number of benzene rings is 1. The summed E-state index contributed by atoms with van der Waals surface area (Å²) >= 11 is 0. The molecule has 1 saturated heterocycles. The van der Waals surface area contributed by atoms with E-state index in [1.165, 1.54) is 0 Å². The third kappa shape index (κ3) is 3.70. The van der Waals surface area contributed by atoms with Crippen LogP contribution in [0.15, 0.2) is 24.3 Å². The number of halogens is 1. The second kappa shape index (κ2) is 6.00. The predicted octanol–water partition coefficient (Wildman–Crippen LogP) is 1.21. The summed E-state index contributed by atoms with van der Waals surface area (Å²) in [5, 5.41) is 6.58. The van der Waals surface area contributed by atoms with Crippen LogP contribution in [-0.2, 0) is 0 Å². The van der Waals surface area contributed by atoms with E-state index in [1.54, 1.807) is 12.1 Å². The van der Waals surface area contributed by atoms with Crippen LogP contribution in [0.25, 0.3) is 0 Å². The van der Waals surface area contributed by atoms with Gasteiger partial charge in [-0.3, -0.25) is 10.1 Å². The lowest BCUT2D eigenvalue weighted by Crippen LogP contribution is -2.60. The Morgan fingerprint density at radius 1 is 1.41 bits per heavy atom. The Morgan fingerprint density at radius 3 is 2.88 bits per heavy atom. The summed E-state index contributed by atoms with van der Waals surface area (Å²) < 4.78 is 5.85. The normalized spacial score (nSPS) is 23.6. The van der Waals surface area contributed by atoms with E-state index in [9.17, 15) is 4.79 Å². The number of piperazine rings is 1. The molecule has 94 valence electrons. The van der Waals surface area contributed by atoms with Gasteiger partial charge in [0, 0.05) is 25.2 Å². The van der Waals surface area contributed by atoms with E-state index in [0.717, 1.165) is 25.9 Å². The highest BCUT2D eigenvalue weighted by atomic mass is 35.5. The minimum absolute atomic E-state index is 0. The van der Waals surface area contributed by atoms with E-state index in [2.05, 4.69) is 10.6 Å². The van der Waals surface area contributed by atoms with Gasteiger partial charge in [0.2, 0.25) is 0 Å². The van der Waals surface area contributed by atoms with Crippen molar-refractivity contribution in [2.24, 2.45) is 0 Å². The molecule has 2 rings (SSSR count). The van der Waals surface area contributed by atoms with Crippen LogP contribution in [0.4, 0.5) is 0 Å². The molecule has 0 bridgehead atoms. The molecule has 0 aromatic heterocycles. The van der Waals surface area contributed by atoms with Gasteiger partial charge in [-0.15, -0.1) is 12.4 Å². The van der Waals surface area contributed by atoms with E-state index in [1.807, 2.05) is 19.1 Å². The zero-order valence-corrected chi connectivity index (χ0v) is 10.5. The second-order valence-corrected chi connectivity index (χ2v) is 4.13. The topological polar surface area (TPSA) is 50.4 Å². The van der Waals surface area contributed by atoms with E-state index in [-0.39, 0.29) is 12.4 Å². The Labute approximate surface area is 107 Å². The van der Waals surface area contributed by atoms with Crippen molar-refractivity contribution in [3.05, 3.63) is 29.8 Å². The summed E-state index contributed by atoms with van der Waals surface area (Å²) in [7, 11) is 0. The number of ether oxygens (including phenoxy) is 1. The van der Waals surface area contributed by atoms with Crippen LogP contribution in [0.5, 0.6) is 5.75 Å². The maximum absolute atomic E-state index is 10.6. The summed E-state index contributed by atoms with van der Waals surface area (Å²) in [6.45, 7) is 4.57. The van der Waals surface area contributed by atoms with Crippen molar-refractivity contribution in [3.63, 3.8) is 0 Å². The lowest BCUT2D eigenvalue weighted by molar-refractivity contribution is 0.0380. The largest absolute Gasteiger partial charge is 0.472 e. The molecule has 1 aliphatic rings. The van der Waals surface area contributed by atoms with Crippen LogP contribution in [0.1, 0.15) is 17.3 Å². The Bertz CT molecular complexity index is 379. The molecule has 0 unspecified atom stereocenters. The fraction of sp³-hybridized carbons (Fsp3) is 0.417. The van der Waals surface area contributed by atoms with Crippen molar-refractivity contribution in [2.75, 3.05) is 19.6 Å². The van der Waals surface area contributed by atoms with Crippen LogP contribution in [0, 0.1) is 0 Å². The number of aldehydes is 1. The first-order chi connectivity index (χ1) is 7.72. The summed E-state index contributed by atoms with van der Waals surface area (Å²) in [4.78, 5) is 10.6. The maximum atomic E-state index is 10.6. The van der Waals surface area contributed by atoms with Crippen LogP contribution < -0.4 is 15.4 Å². The Morgan fingerprint density at radius 2 is 2.24 bits per heavy atom. The Kier molecular flexibility index (Phi) is 4.93. The van der Waals surface area contributed by atoms with E-state index in [0.29, 0.717) is 11.3 Å². The van der Waals surface area contributed by atoms with Crippen molar-refractivity contribution in [3.8, 4) is 5.75 Å². The Hall–Kier alpha value is -1.10. The van der Waals surface area contributed by atoms with E-state index < -0.39 is 5.72 Å². The molecular weight excluding hydrogens is 240 g/mol. The molecule has 5 heteroatoms. The summed E-state index contributed by atoms with van der Waals surface area (Å²) in [5.74, 6) is 0.711. The van der Waals surface area contributed by atoms with Gasteiger partial charge in [-0.2, -0.15) is 0 Å². The molecule has 1 fully saturated rings. The molecule has 1 heterocycles. The molecule has 0 amide bonds. The minimum atomic E-state index is -0.403. The zero-order chi connectivity index (χ0) is 11.4. The predicted molar refractivity (Wildman–Crippen MR) is 69.0 cm³/mol. The lowest BCUT2D eigenvalue weighted by Gasteiger charge is -2.35. The summed E-state index contributed by atoms with van der Waals surface area (Å²) in [5.41, 5.74) is 0.226. The minimum Gasteiger partial charge on any atom is -0.472 e. The van der Waals surface area contributed by atoms with Gasteiger partial charge in [0.25, 0.3) is 0 Å². The van der Waals surface area contributed by atoms with E-state index >= 15 is 0 Å². The molecule has 17 heavy (non-hydrogen) atoms. The molecule has 0 spiro atoms.